The van der Waals surface area contributed by atoms with E-state index in [1.807, 2.05) is 0 Å². The molecule has 19 heavy (non-hydrogen) atoms. The number of nitrogens with zero attached hydrogens (tertiary/aromatic N) is 2. The topological polar surface area (TPSA) is 20.2 Å². The summed E-state index contributed by atoms with van der Waals surface area (Å²) in [6.45, 7) is 3.46. The molecule has 0 aliphatic carbocycles. The van der Waals surface area contributed by atoms with E-state index in [4.69, 9.17) is 0 Å². The minimum absolute atomic E-state index is 0.637. The Balaban J connectivity index is 1.71. The lowest BCUT2D eigenvalue weighted by atomic mass is 10.0. The minimum Gasteiger partial charge on any atom is -0.350 e. The van der Waals surface area contributed by atoms with E-state index in [0.29, 0.717) is 6.04 Å². The first-order chi connectivity index (χ1) is 9.24. The number of aromatic nitrogens is 1. The van der Waals surface area contributed by atoms with Crippen LogP contribution in [0.5, 0.6) is 0 Å². The summed E-state index contributed by atoms with van der Waals surface area (Å²) in [4.78, 5) is 2.42. The van der Waals surface area contributed by atoms with E-state index in [1.54, 1.807) is 0 Å². The fraction of sp³-hybridized carbons (Fsp3) is 0.500. The monoisotopic (exact) mass is 257 g/mol. The highest BCUT2D eigenvalue weighted by atomic mass is 15.2. The van der Waals surface area contributed by atoms with Crippen LogP contribution in [0, 0.1) is 0 Å². The third-order valence-corrected chi connectivity index (χ3v) is 4.20. The minimum atomic E-state index is 0.637. The molecular weight excluding hydrogens is 234 g/mol. The summed E-state index contributed by atoms with van der Waals surface area (Å²) in [5.41, 5.74) is 2.82. The zero-order valence-electron chi connectivity index (χ0n) is 11.9. The number of benzene rings is 1. The SMILES string of the molecule is CN1CCNC(CCc2cn(C)c3ccccc23)C1. The van der Waals surface area contributed by atoms with Crippen molar-refractivity contribution in [3.05, 3.63) is 36.0 Å². The van der Waals surface area contributed by atoms with Gasteiger partial charge in [-0.25, -0.2) is 0 Å². The first-order valence-corrected chi connectivity index (χ1v) is 7.19. The number of likely N-dealkylation sites (N-methyl/N-ethyl adjacent to an activating group) is 1. The molecule has 1 aliphatic rings. The molecule has 1 N–H and O–H groups in total. The first-order valence-electron chi connectivity index (χ1n) is 7.19. The van der Waals surface area contributed by atoms with Crippen LogP contribution in [0.25, 0.3) is 10.9 Å². The van der Waals surface area contributed by atoms with Crippen molar-refractivity contribution < 1.29 is 0 Å². The molecule has 1 unspecified atom stereocenters. The van der Waals surface area contributed by atoms with Gasteiger partial charge in [0.25, 0.3) is 0 Å². The summed E-state index contributed by atoms with van der Waals surface area (Å²) in [6.07, 6.45) is 4.67. The highest BCUT2D eigenvalue weighted by Gasteiger charge is 2.16. The van der Waals surface area contributed by atoms with Crippen molar-refractivity contribution in [2.45, 2.75) is 18.9 Å². The number of piperazine rings is 1. The second-order valence-electron chi connectivity index (χ2n) is 5.73. The van der Waals surface area contributed by atoms with Crippen LogP contribution in [0.2, 0.25) is 0 Å². The van der Waals surface area contributed by atoms with Crippen LogP contribution in [0.3, 0.4) is 0 Å². The molecule has 0 saturated carbocycles. The highest BCUT2D eigenvalue weighted by molar-refractivity contribution is 5.83. The van der Waals surface area contributed by atoms with E-state index in [0.717, 1.165) is 13.0 Å². The quantitative estimate of drug-likeness (QED) is 0.908. The Hall–Kier alpha value is -1.32. The van der Waals surface area contributed by atoms with Crippen molar-refractivity contribution in [3.8, 4) is 0 Å². The van der Waals surface area contributed by atoms with Gasteiger partial charge in [0, 0.05) is 49.8 Å². The molecule has 1 aromatic carbocycles. The van der Waals surface area contributed by atoms with Gasteiger partial charge in [0.15, 0.2) is 0 Å². The molecule has 2 aromatic rings. The number of rotatable bonds is 3. The fourth-order valence-electron chi connectivity index (χ4n) is 3.14. The lowest BCUT2D eigenvalue weighted by Gasteiger charge is -2.30. The summed E-state index contributed by atoms with van der Waals surface area (Å²) < 4.78 is 2.24. The van der Waals surface area contributed by atoms with E-state index in [-0.39, 0.29) is 0 Å². The van der Waals surface area contributed by atoms with Crippen LogP contribution in [0.4, 0.5) is 0 Å². The molecule has 1 saturated heterocycles. The Labute approximate surface area is 115 Å². The predicted octanol–water partition coefficient (Wildman–Crippen LogP) is 2.01. The fourth-order valence-corrected chi connectivity index (χ4v) is 3.14. The smallest absolute Gasteiger partial charge is 0.0480 e. The van der Waals surface area contributed by atoms with Gasteiger partial charge in [-0.05, 0) is 31.5 Å². The van der Waals surface area contributed by atoms with Gasteiger partial charge in [0.2, 0.25) is 0 Å². The lowest BCUT2D eigenvalue weighted by molar-refractivity contribution is 0.232. The molecule has 1 aromatic heterocycles. The van der Waals surface area contributed by atoms with E-state index in [9.17, 15) is 0 Å². The molecule has 0 amide bonds. The molecule has 102 valence electrons. The highest BCUT2D eigenvalue weighted by Crippen LogP contribution is 2.22. The van der Waals surface area contributed by atoms with Crippen LogP contribution in [0.1, 0.15) is 12.0 Å². The second-order valence-corrected chi connectivity index (χ2v) is 5.73. The van der Waals surface area contributed by atoms with Crippen molar-refractivity contribution in [2.24, 2.45) is 7.05 Å². The Bertz CT molecular complexity index is 558. The van der Waals surface area contributed by atoms with Crippen LogP contribution in [-0.4, -0.2) is 42.2 Å². The number of hydrogen-bond acceptors (Lipinski definition) is 2. The Kier molecular flexibility index (Phi) is 3.58. The van der Waals surface area contributed by atoms with Gasteiger partial charge in [-0.15, -0.1) is 0 Å². The van der Waals surface area contributed by atoms with Crippen molar-refractivity contribution >= 4 is 10.9 Å². The average molecular weight is 257 g/mol. The Morgan fingerprint density at radius 1 is 1.26 bits per heavy atom. The zero-order chi connectivity index (χ0) is 13.2. The van der Waals surface area contributed by atoms with Gasteiger partial charge >= 0.3 is 0 Å². The first kappa shape index (κ1) is 12.7. The number of aryl methyl sites for hydroxylation is 2. The van der Waals surface area contributed by atoms with Crippen LogP contribution < -0.4 is 5.32 Å². The van der Waals surface area contributed by atoms with Crippen molar-refractivity contribution in [3.63, 3.8) is 0 Å². The van der Waals surface area contributed by atoms with Crippen LogP contribution in [0.15, 0.2) is 30.5 Å². The summed E-state index contributed by atoms with van der Waals surface area (Å²) in [5.74, 6) is 0. The molecular formula is C16H23N3. The summed E-state index contributed by atoms with van der Waals surface area (Å²) in [7, 11) is 4.35. The van der Waals surface area contributed by atoms with Gasteiger partial charge in [-0.2, -0.15) is 0 Å². The molecule has 0 radical (unpaired) electrons. The molecule has 1 fully saturated rings. The standard InChI is InChI=1S/C16H23N3/c1-18-10-9-17-14(12-18)8-7-13-11-19(2)16-6-4-3-5-15(13)16/h3-6,11,14,17H,7-10,12H2,1-2H3. The zero-order valence-corrected chi connectivity index (χ0v) is 11.9. The largest absolute Gasteiger partial charge is 0.350 e. The van der Waals surface area contributed by atoms with E-state index in [1.165, 1.54) is 36.0 Å². The number of fused-ring (bicyclic) bond motifs is 1. The average Bonchev–Trinajstić information content (AvgIpc) is 2.74. The van der Waals surface area contributed by atoms with Gasteiger partial charge < -0.3 is 14.8 Å². The summed E-state index contributed by atoms with van der Waals surface area (Å²) in [6, 6.07) is 9.33. The Morgan fingerprint density at radius 2 is 2.11 bits per heavy atom. The molecule has 3 heteroatoms. The van der Waals surface area contributed by atoms with Crippen molar-refractivity contribution in [2.75, 3.05) is 26.7 Å². The van der Waals surface area contributed by atoms with Gasteiger partial charge in [0.1, 0.15) is 0 Å². The summed E-state index contributed by atoms with van der Waals surface area (Å²) >= 11 is 0. The molecule has 1 atom stereocenters. The maximum Gasteiger partial charge on any atom is 0.0480 e. The summed E-state index contributed by atoms with van der Waals surface area (Å²) in [5, 5.41) is 5.04. The van der Waals surface area contributed by atoms with Crippen LogP contribution in [-0.2, 0) is 13.5 Å². The normalized spacial score (nSPS) is 21.1. The van der Waals surface area contributed by atoms with E-state index >= 15 is 0 Å². The van der Waals surface area contributed by atoms with Crippen molar-refractivity contribution in [1.29, 1.82) is 0 Å². The van der Waals surface area contributed by atoms with Gasteiger partial charge in [-0.1, -0.05) is 18.2 Å². The molecule has 1 aliphatic heterocycles. The van der Waals surface area contributed by atoms with Gasteiger partial charge in [0.05, 0.1) is 0 Å². The maximum absolute atomic E-state index is 3.63. The third kappa shape index (κ3) is 2.67. The molecule has 3 rings (SSSR count). The van der Waals surface area contributed by atoms with E-state index in [2.05, 4.69) is 59.3 Å². The lowest BCUT2D eigenvalue weighted by Crippen LogP contribution is -2.49. The van der Waals surface area contributed by atoms with Crippen molar-refractivity contribution in [1.82, 2.24) is 14.8 Å². The number of para-hydroxylation sites is 1. The molecule has 2 heterocycles. The molecule has 3 nitrogen and oxygen atoms in total. The predicted molar refractivity (Wildman–Crippen MR) is 80.5 cm³/mol. The maximum atomic E-state index is 3.63. The van der Waals surface area contributed by atoms with Gasteiger partial charge in [-0.3, -0.25) is 0 Å². The Morgan fingerprint density at radius 3 is 2.95 bits per heavy atom. The molecule has 0 spiro atoms. The molecule has 0 bridgehead atoms. The van der Waals surface area contributed by atoms with E-state index < -0.39 is 0 Å². The number of hydrogen-bond donors (Lipinski definition) is 1. The third-order valence-electron chi connectivity index (χ3n) is 4.20. The van der Waals surface area contributed by atoms with Crippen LogP contribution >= 0.6 is 0 Å². The second kappa shape index (κ2) is 5.35. The number of nitrogens with one attached hydrogen (secondary N) is 1.